The molecule has 0 spiro atoms. The van der Waals surface area contributed by atoms with Crippen molar-refractivity contribution in [3.63, 3.8) is 0 Å². The van der Waals surface area contributed by atoms with E-state index in [2.05, 4.69) is 18.2 Å². The molecule has 1 fully saturated rings. The van der Waals surface area contributed by atoms with Crippen LogP contribution in [0.25, 0.3) is 0 Å². The summed E-state index contributed by atoms with van der Waals surface area (Å²) in [6.45, 7) is 5.30. The topological polar surface area (TPSA) is 30.5 Å². The second kappa shape index (κ2) is 6.83. The molecule has 0 radical (unpaired) electrons. The first-order chi connectivity index (χ1) is 6.83. The summed E-state index contributed by atoms with van der Waals surface area (Å²) in [5.74, 6) is 2.59. The number of morpholine rings is 1. The van der Waals surface area contributed by atoms with Gasteiger partial charge in [0.15, 0.2) is 0 Å². The highest BCUT2D eigenvalue weighted by atomic mass is 16.5. The van der Waals surface area contributed by atoms with Crippen LogP contribution in [0.4, 0.5) is 0 Å². The zero-order valence-corrected chi connectivity index (χ0v) is 8.79. The van der Waals surface area contributed by atoms with Gasteiger partial charge in [-0.25, -0.2) is 0 Å². The van der Waals surface area contributed by atoms with Crippen molar-refractivity contribution >= 4 is 0 Å². The minimum absolute atomic E-state index is 0.199. The van der Waals surface area contributed by atoms with Gasteiger partial charge in [-0.15, -0.1) is 12.3 Å². The van der Waals surface area contributed by atoms with Crippen molar-refractivity contribution in [3.8, 4) is 12.3 Å². The average molecular weight is 197 g/mol. The van der Waals surface area contributed by atoms with E-state index < -0.39 is 0 Å². The maximum atomic E-state index is 5.66. The molecule has 0 aromatic rings. The Hall–Kier alpha value is -0.560. The fourth-order valence-corrected chi connectivity index (χ4v) is 1.46. The monoisotopic (exact) mass is 197 g/mol. The summed E-state index contributed by atoms with van der Waals surface area (Å²) < 4.78 is 11.1. The zero-order chi connectivity index (χ0) is 10.2. The second-order valence-corrected chi connectivity index (χ2v) is 3.61. The van der Waals surface area contributed by atoms with E-state index in [0.717, 1.165) is 32.5 Å². The molecule has 3 heteroatoms. The van der Waals surface area contributed by atoms with Crippen LogP contribution >= 0.6 is 0 Å². The molecule has 1 rings (SSSR count). The van der Waals surface area contributed by atoms with E-state index in [9.17, 15) is 0 Å². The molecule has 1 heterocycles. The molecule has 80 valence electrons. The number of hydrogen-bond donors (Lipinski definition) is 1. The van der Waals surface area contributed by atoms with Gasteiger partial charge in [-0.3, -0.25) is 0 Å². The van der Waals surface area contributed by atoms with Crippen LogP contribution < -0.4 is 5.32 Å². The first kappa shape index (κ1) is 11.5. The van der Waals surface area contributed by atoms with Gasteiger partial charge in [0.25, 0.3) is 0 Å². The molecule has 1 aliphatic heterocycles. The standard InChI is InChI=1S/C11H19NO2/c1-3-4-5-6-13-9-11-8-12-7-10(2)14-11/h1,10-12H,4-9H2,2H3. The van der Waals surface area contributed by atoms with E-state index >= 15 is 0 Å². The number of nitrogens with one attached hydrogen (secondary N) is 1. The van der Waals surface area contributed by atoms with Crippen molar-refractivity contribution in [2.75, 3.05) is 26.3 Å². The number of ether oxygens (including phenoxy) is 2. The van der Waals surface area contributed by atoms with Gasteiger partial charge in [-0.05, 0) is 13.3 Å². The van der Waals surface area contributed by atoms with Crippen LogP contribution in [-0.2, 0) is 9.47 Å². The zero-order valence-electron chi connectivity index (χ0n) is 8.79. The first-order valence-corrected chi connectivity index (χ1v) is 5.20. The first-order valence-electron chi connectivity index (χ1n) is 5.20. The van der Waals surface area contributed by atoms with E-state index in [4.69, 9.17) is 15.9 Å². The Bertz CT molecular complexity index is 188. The van der Waals surface area contributed by atoms with Crippen LogP contribution in [0.15, 0.2) is 0 Å². The largest absolute Gasteiger partial charge is 0.379 e. The maximum absolute atomic E-state index is 5.66. The Balaban J connectivity index is 1.98. The van der Waals surface area contributed by atoms with E-state index in [1.807, 2.05) is 0 Å². The van der Waals surface area contributed by atoms with E-state index in [1.54, 1.807) is 0 Å². The van der Waals surface area contributed by atoms with E-state index in [0.29, 0.717) is 12.7 Å². The molecule has 1 N–H and O–H groups in total. The number of terminal acetylenes is 1. The summed E-state index contributed by atoms with van der Waals surface area (Å²) >= 11 is 0. The quantitative estimate of drug-likeness (QED) is 0.522. The molecule has 0 aromatic heterocycles. The molecule has 0 bridgehead atoms. The third-order valence-electron chi connectivity index (χ3n) is 2.14. The second-order valence-electron chi connectivity index (χ2n) is 3.61. The fraction of sp³-hybridized carbons (Fsp3) is 0.818. The van der Waals surface area contributed by atoms with E-state index in [1.165, 1.54) is 0 Å². The Morgan fingerprint density at radius 2 is 2.43 bits per heavy atom. The van der Waals surface area contributed by atoms with Crippen molar-refractivity contribution < 1.29 is 9.47 Å². The van der Waals surface area contributed by atoms with Gasteiger partial charge in [0.2, 0.25) is 0 Å². The summed E-state index contributed by atoms with van der Waals surface area (Å²) in [4.78, 5) is 0. The van der Waals surface area contributed by atoms with Crippen molar-refractivity contribution in [1.29, 1.82) is 0 Å². The number of hydrogen-bond acceptors (Lipinski definition) is 3. The Morgan fingerprint density at radius 1 is 1.57 bits per heavy atom. The lowest BCUT2D eigenvalue weighted by Gasteiger charge is -2.28. The summed E-state index contributed by atoms with van der Waals surface area (Å²) in [6, 6.07) is 0. The Morgan fingerprint density at radius 3 is 3.14 bits per heavy atom. The normalized spacial score (nSPS) is 27.1. The van der Waals surface area contributed by atoms with Gasteiger partial charge >= 0.3 is 0 Å². The molecule has 0 amide bonds. The minimum Gasteiger partial charge on any atom is -0.379 e. The van der Waals surface area contributed by atoms with Crippen molar-refractivity contribution in [3.05, 3.63) is 0 Å². The summed E-state index contributed by atoms with van der Waals surface area (Å²) in [6.07, 6.45) is 7.35. The van der Waals surface area contributed by atoms with Crippen LogP contribution in [0.2, 0.25) is 0 Å². The minimum atomic E-state index is 0.199. The Kier molecular flexibility index (Phi) is 5.62. The molecule has 14 heavy (non-hydrogen) atoms. The summed E-state index contributed by atoms with van der Waals surface area (Å²) in [5, 5.41) is 3.30. The average Bonchev–Trinajstić information content (AvgIpc) is 2.18. The predicted octanol–water partition coefficient (Wildman–Crippen LogP) is 0.793. The van der Waals surface area contributed by atoms with Crippen LogP contribution in [0.5, 0.6) is 0 Å². The van der Waals surface area contributed by atoms with Gasteiger partial charge < -0.3 is 14.8 Å². The maximum Gasteiger partial charge on any atom is 0.0936 e. The molecule has 2 unspecified atom stereocenters. The lowest BCUT2D eigenvalue weighted by molar-refractivity contribution is -0.0686. The van der Waals surface area contributed by atoms with Crippen molar-refractivity contribution in [2.24, 2.45) is 0 Å². The van der Waals surface area contributed by atoms with Crippen LogP contribution in [0.3, 0.4) is 0 Å². The highest BCUT2D eigenvalue weighted by Gasteiger charge is 2.18. The molecule has 2 atom stereocenters. The predicted molar refractivity (Wildman–Crippen MR) is 56.1 cm³/mol. The van der Waals surface area contributed by atoms with Crippen LogP contribution in [0, 0.1) is 12.3 Å². The fourth-order valence-electron chi connectivity index (χ4n) is 1.46. The molecule has 1 aliphatic rings. The van der Waals surface area contributed by atoms with Crippen molar-refractivity contribution in [2.45, 2.75) is 32.0 Å². The third kappa shape index (κ3) is 4.61. The van der Waals surface area contributed by atoms with Gasteiger partial charge in [-0.2, -0.15) is 0 Å². The highest BCUT2D eigenvalue weighted by molar-refractivity contribution is 4.82. The molecule has 1 saturated heterocycles. The smallest absolute Gasteiger partial charge is 0.0936 e. The van der Waals surface area contributed by atoms with E-state index in [-0.39, 0.29) is 6.10 Å². The summed E-state index contributed by atoms with van der Waals surface area (Å²) in [5.41, 5.74) is 0. The highest BCUT2D eigenvalue weighted by Crippen LogP contribution is 2.03. The molecule has 0 aromatic carbocycles. The summed E-state index contributed by atoms with van der Waals surface area (Å²) in [7, 11) is 0. The third-order valence-corrected chi connectivity index (χ3v) is 2.14. The van der Waals surface area contributed by atoms with Gasteiger partial charge in [-0.1, -0.05) is 0 Å². The SMILES string of the molecule is C#CCCCOCC1CNCC(C)O1. The lowest BCUT2D eigenvalue weighted by atomic mass is 10.2. The molecule has 0 saturated carbocycles. The molecular formula is C11H19NO2. The van der Waals surface area contributed by atoms with Gasteiger partial charge in [0.1, 0.15) is 0 Å². The van der Waals surface area contributed by atoms with Crippen LogP contribution in [-0.4, -0.2) is 38.5 Å². The van der Waals surface area contributed by atoms with Crippen LogP contribution in [0.1, 0.15) is 19.8 Å². The number of unbranched alkanes of at least 4 members (excludes halogenated alkanes) is 1. The number of rotatable bonds is 5. The van der Waals surface area contributed by atoms with Gasteiger partial charge in [0, 0.05) is 26.1 Å². The molecule has 3 nitrogen and oxygen atoms in total. The Labute approximate surface area is 86.2 Å². The lowest BCUT2D eigenvalue weighted by Crippen LogP contribution is -2.45. The van der Waals surface area contributed by atoms with Crippen molar-refractivity contribution in [1.82, 2.24) is 5.32 Å². The molecule has 0 aliphatic carbocycles. The molecular weight excluding hydrogens is 178 g/mol. The van der Waals surface area contributed by atoms with Gasteiger partial charge in [0.05, 0.1) is 18.8 Å².